The van der Waals surface area contributed by atoms with Crippen molar-refractivity contribution in [2.75, 3.05) is 5.32 Å². The first-order chi connectivity index (χ1) is 10.6. The molecular weight excluding hydrogens is 302 g/mol. The van der Waals surface area contributed by atoms with Gasteiger partial charge in [-0.05, 0) is 25.8 Å². The fourth-order valence-corrected chi connectivity index (χ4v) is 1.50. The third-order valence-electron chi connectivity index (χ3n) is 2.53. The van der Waals surface area contributed by atoms with Crippen molar-refractivity contribution in [3.8, 4) is 0 Å². The van der Waals surface area contributed by atoms with Gasteiger partial charge in [-0.3, -0.25) is 4.79 Å². The second-order valence-corrected chi connectivity index (χ2v) is 4.67. The normalized spacial score (nSPS) is 12.2. The van der Waals surface area contributed by atoms with E-state index in [2.05, 4.69) is 25.3 Å². The number of nitrogens with one attached hydrogen (secondary N) is 1. The lowest BCUT2D eigenvalue weighted by Crippen LogP contribution is -2.14. The van der Waals surface area contributed by atoms with Crippen LogP contribution in [0.2, 0.25) is 5.15 Å². The van der Waals surface area contributed by atoms with Crippen LogP contribution in [0, 0.1) is 12.8 Å². The van der Waals surface area contributed by atoms with Crippen LogP contribution in [-0.2, 0) is 4.79 Å². The van der Waals surface area contributed by atoms with E-state index in [1.54, 1.807) is 18.5 Å². The molecule has 0 aromatic carbocycles. The summed E-state index contributed by atoms with van der Waals surface area (Å²) in [7, 11) is 0. The molecule has 0 spiro atoms. The molecule has 0 radical (unpaired) electrons. The summed E-state index contributed by atoms with van der Waals surface area (Å²) in [5.41, 5.74) is 0. The second-order valence-electron chi connectivity index (χ2n) is 4.29. The van der Waals surface area contributed by atoms with Crippen LogP contribution in [0.15, 0.2) is 30.9 Å². The molecule has 1 aliphatic rings. The van der Waals surface area contributed by atoms with Crippen LogP contribution < -0.4 is 5.32 Å². The fraction of sp³-hybridized carbons (Fsp3) is 0.400. The van der Waals surface area contributed by atoms with Gasteiger partial charge in [0.05, 0.1) is 0 Å². The molecule has 6 nitrogen and oxygen atoms in total. The zero-order valence-electron chi connectivity index (χ0n) is 13.0. The number of hydrogen-bond acceptors (Lipinski definition) is 5. The van der Waals surface area contributed by atoms with Crippen LogP contribution in [0.25, 0.3) is 0 Å². The van der Waals surface area contributed by atoms with Crippen molar-refractivity contribution < 1.29 is 4.79 Å². The van der Waals surface area contributed by atoms with E-state index in [4.69, 9.17) is 11.6 Å². The molecule has 3 rings (SSSR count). The molecule has 2 aromatic heterocycles. The Morgan fingerprint density at radius 3 is 2.27 bits per heavy atom. The number of carbonyl (C=O) groups excluding carboxylic acids is 1. The lowest BCUT2D eigenvalue weighted by Gasteiger charge is -2.01. The van der Waals surface area contributed by atoms with Crippen molar-refractivity contribution in [2.24, 2.45) is 5.92 Å². The quantitative estimate of drug-likeness (QED) is 0.858. The van der Waals surface area contributed by atoms with Gasteiger partial charge in [-0.2, -0.15) is 0 Å². The summed E-state index contributed by atoms with van der Waals surface area (Å²) in [6.07, 6.45) is 6.73. The van der Waals surface area contributed by atoms with E-state index in [-0.39, 0.29) is 11.8 Å². The van der Waals surface area contributed by atoms with Gasteiger partial charge in [-0.25, -0.2) is 19.9 Å². The summed E-state index contributed by atoms with van der Waals surface area (Å²) in [4.78, 5) is 26.6. The molecule has 1 aliphatic carbocycles. The third kappa shape index (κ3) is 7.08. The first-order valence-electron chi connectivity index (χ1n) is 7.17. The Hall–Kier alpha value is -2.08. The van der Waals surface area contributed by atoms with Crippen molar-refractivity contribution >= 4 is 23.3 Å². The molecule has 0 bridgehead atoms. The summed E-state index contributed by atoms with van der Waals surface area (Å²) in [5, 5.41) is 3.00. The molecular formula is C15H20ClN5O. The lowest BCUT2D eigenvalue weighted by atomic mass is 10.4. The molecule has 0 unspecified atom stereocenters. The molecule has 7 heteroatoms. The van der Waals surface area contributed by atoms with E-state index in [9.17, 15) is 4.79 Å². The molecule has 0 atom stereocenters. The Labute approximate surface area is 135 Å². The van der Waals surface area contributed by atoms with E-state index >= 15 is 0 Å². The molecule has 1 saturated carbocycles. The van der Waals surface area contributed by atoms with Gasteiger partial charge in [-0.15, -0.1) is 0 Å². The van der Waals surface area contributed by atoms with E-state index in [1.165, 1.54) is 12.4 Å². The molecule has 0 aliphatic heterocycles. The number of halogens is 1. The average molecular weight is 322 g/mol. The van der Waals surface area contributed by atoms with Crippen LogP contribution in [0.1, 0.15) is 32.5 Å². The highest BCUT2D eigenvalue weighted by atomic mass is 35.5. The van der Waals surface area contributed by atoms with Crippen molar-refractivity contribution in [3.63, 3.8) is 0 Å². The number of aryl methyl sites for hydroxylation is 1. The summed E-state index contributed by atoms with van der Waals surface area (Å²) in [6.45, 7) is 5.86. The zero-order valence-corrected chi connectivity index (χ0v) is 13.7. The smallest absolute Gasteiger partial charge is 0.228 e. The maximum absolute atomic E-state index is 11.3. The first-order valence-corrected chi connectivity index (χ1v) is 7.55. The summed E-state index contributed by atoms with van der Waals surface area (Å²) in [5.74, 6) is 1.49. The van der Waals surface area contributed by atoms with Crippen LogP contribution in [0.5, 0.6) is 0 Å². The highest BCUT2D eigenvalue weighted by molar-refractivity contribution is 6.29. The van der Waals surface area contributed by atoms with Crippen molar-refractivity contribution in [3.05, 3.63) is 41.8 Å². The van der Waals surface area contributed by atoms with E-state index in [1.807, 2.05) is 20.8 Å². The van der Waals surface area contributed by atoms with Gasteiger partial charge < -0.3 is 5.32 Å². The molecule has 1 amide bonds. The van der Waals surface area contributed by atoms with Gasteiger partial charge in [0.15, 0.2) is 0 Å². The maximum atomic E-state index is 11.3. The molecule has 118 valence electrons. The predicted molar refractivity (Wildman–Crippen MR) is 86.5 cm³/mol. The Bertz CT molecular complexity index is 575. The van der Waals surface area contributed by atoms with Gasteiger partial charge in [0.25, 0.3) is 0 Å². The van der Waals surface area contributed by atoms with E-state index < -0.39 is 0 Å². The first kappa shape index (κ1) is 18.0. The minimum absolute atomic E-state index is 0.0229. The number of amides is 1. The van der Waals surface area contributed by atoms with Gasteiger partial charge in [0, 0.05) is 24.4 Å². The maximum Gasteiger partial charge on any atom is 0.228 e. The standard InChI is InChI=1S/C8H8ClN3O.C5H6N2.C2H6/c9-6-3-7(11-4-10-6)12-8(13)5-1-2-5;1-5-6-3-2-4-7-5;1-2/h3-5H,1-2H2,(H,10,11,12,13);2-4H,1H3;1-2H3. The molecule has 2 aromatic rings. The number of anilines is 1. The molecule has 2 heterocycles. The number of hydrogen-bond donors (Lipinski definition) is 1. The third-order valence-corrected chi connectivity index (χ3v) is 2.73. The van der Waals surface area contributed by atoms with E-state index in [0.717, 1.165) is 18.7 Å². The zero-order chi connectivity index (χ0) is 16.4. The molecule has 0 saturated heterocycles. The fourth-order valence-electron chi connectivity index (χ4n) is 1.35. The van der Waals surface area contributed by atoms with Crippen LogP contribution in [0.3, 0.4) is 0 Å². The van der Waals surface area contributed by atoms with Crippen LogP contribution >= 0.6 is 11.6 Å². The number of carbonyl (C=O) groups is 1. The molecule has 1 N–H and O–H groups in total. The summed E-state index contributed by atoms with van der Waals surface area (Å²) < 4.78 is 0. The van der Waals surface area contributed by atoms with Gasteiger partial charge in [-0.1, -0.05) is 25.4 Å². The lowest BCUT2D eigenvalue weighted by molar-refractivity contribution is -0.117. The number of nitrogens with zero attached hydrogens (tertiary/aromatic N) is 4. The van der Waals surface area contributed by atoms with Crippen LogP contribution in [0.4, 0.5) is 5.82 Å². The minimum atomic E-state index is 0.0229. The highest BCUT2D eigenvalue weighted by Gasteiger charge is 2.29. The van der Waals surface area contributed by atoms with Gasteiger partial charge in [0.1, 0.15) is 23.1 Å². The van der Waals surface area contributed by atoms with Gasteiger partial charge in [0.2, 0.25) is 5.91 Å². The SMILES string of the molecule is CC.Cc1ncccn1.O=C(Nc1cc(Cl)ncn1)C1CC1. The summed E-state index contributed by atoms with van der Waals surface area (Å²) in [6, 6.07) is 3.33. The van der Waals surface area contributed by atoms with Crippen molar-refractivity contribution in [1.29, 1.82) is 0 Å². The largest absolute Gasteiger partial charge is 0.310 e. The Morgan fingerprint density at radius 1 is 1.18 bits per heavy atom. The molecule has 1 fully saturated rings. The monoisotopic (exact) mass is 321 g/mol. The summed E-state index contributed by atoms with van der Waals surface area (Å²) >= 11 is 5.62. The highest BCUT2D eigenvalue weighted by Crippen LogP contribution is 2.29. The Morgan fingerprint density at radius 2 is 1.82 bits per heavy atom. The van der Waals surface area contributed by atoms with E-state index in [0.29, 0.717) is 11.0 Å². The number of aromatic nitrogens is 4. The minimum Gasteiger partial charge on any atom is -0.310 e. The number of rotatable bonds is 2. The van der Waals surface area contributed by atoms with Crippen molar-refractivity contribution in [1.82, 2.24) is 19.9 Å². The Kier molecular flexibility index (Phi) is 7.99. The Balaban J connectivity index is 0.000000228. The van der Waals surface area contributed by atoms with Crippen molar-refractivity contribution in [2.45, 2.75) is 33.6 Å². The topological polar surface area (TPSA) is 80.7 Å². The molecule has 22 heavy (non-hydrogen) atoms. The average Bonchev–Trinajstić information content (AvgIpc) is 3.35. The van der Waals surface area contributed by atoms with Gasteiger partial charge >= 0.3 is 0 Å². The second kappa shape index (κ2) is 9.78. The predicted octanol–water partition coefficient (Wildman–Crippen LogP) is 3.29. The van der Waals surface area contributed by atoms with Crippen LogP contribution in [-0.4, -0.2) is 25.8 Å².